The molecule has 0 saturated carbocycles. The third-order valence-corrected chi connectivity index (χ3v) is 1.52. The largest absolute Gasteiger partial charge is 0.423 e. The van der Waals surface area contributed by atoms with Crippen LogP contribution in [0.5, 0.6) is 5.75 Å². The summed E-state index contributed by atoms with van der Waals surface area (Å²) in [6, 6.07) is 1.17. The molecular formula is C10H7F3O2. The lowest BCUT2D eigenvalue weighted by molar-refractivity contribution is -0.130. The van der Waals surface area contributed by atoms with Gasteiger partial charge in [-0.05, 0) is 6.92 Å². The van der Waals surface area contributed by atoms with Crippen molar-refractivity contribution in [3.05, 3.63) is 41.7 Å². The molecule has 80 valence electrons. The van der Waals surface area contributed by atoms with Gasteiger partial charge in [0.25, 0.3) is 0 Å². The fourth-order valence-corrected chi connectivity index (χ4v) is 0.785. The van der Waals surface area contributed by atoms with E-state index in [9.17, 15) is 18.0 Å². The Hall–Kier alpha value is -1.78. The maximum absolute atomic E-state index is 12.7. The van der Waals surface area contributed by atoms with Gasteiger partial charge in [-0.1, -0.05) is 6.58 Å². The third-order valence-electron chi connectivity index (χ3n) is 1.52. The Bertz CT molecular complexity index is 404. The first-order chi connectivity index (χ1) is 6.91. The van der Waals surface area contributed by atoms with E-state index in [1.807, 2.05) is 0 Å². The first-order valence-corrected chi connectivity index (χ1v) is 3.94. The van der Waals surface area contributed by atoms with Crippen molar-refractivity contribution in [1.82, 2.24) is 0 Å². The quantitative estimate of drug-likeness (QED) is 0.328. The highest BCUT2D eigenvalue weighted by molar-refractivity contribution is 5.88. The van der Waals surface area contributed by atoms with Crippen LogP contribution in [0.15, 0.2) is 24.3 Å². The number of carbonyl (C=O) groups is 1. The SMILES string of the molecule is C=C(C)C(=O)Oc1cc(F)c(F)c(F)c1. The van der Waals surface area contributed by atoms with Crippen LogP contribution >= 0.6 is 0 Å². The normalized spacial score (nSPS) is 9.87. The number of carbonyl (C=O) groups excluding carboxylic acids is 1. The van der Waals surface area contributed by atoms with E-state index >= 15 is 0 Å². The molecule has 0 spiro atoms. The minimum absolute atomic E-state index is 0.0696. The van der Waals surface area contributed by atoms with Crippen LogP contribution < -0.4 is 4.74 Å². The van der Waals surface area contributed by atoms with Crippen LogP contribution in [0.4, 0.5) is 13.2 Å². The Morgan fingerprint density at radius 3 is 2.13 bits per heavy atom. The third kappa shape index (κ3) is 2.59. The minimum atomic E-state index is -1.61. The molecule has 0 saturated heterocycles. The summed E-state index contributed by atoms with van der Waals surface area (Å²) in [6.07, 6.45) is 0. The van der Waals surface area contributed by atoms with Gasteiger partial charge in [0, 0.05) is 17.7 Å². The van der Waals surface area contributed by atoms with Crippen molar-refractivity contribution >= 4 is 5.97 Å². The minimum Gasteiger partial charge on any atom is -0.423 e. The lowest BCUT2D eigenvalue weighted by atomic mass is 10.3. The highest BCUT2D eigenvalue weighted by atomic mass is 19.2. The molecule has 0 aliphatic rings. The molecule has 0 aromatic heterocycles. The highest BCUT2D eigenvalue weighted by Crippen LogP contribution is 2.19. The number of esters is 1. The van der Waals surface area contributed by atoms with Crippen molar-refractivity contribution in [1.29, 1.82) is 0 Å². The summed E-state index contributed by atoms with van der Waals surface area (Å²) in [7, 11) is 0. The second-order valence-corrected chi connectivity index (χ2v) is 2.87. The number of hydrogen-bond donors (Lipinski definition) is 0. The zero-order chi connectivity index (χ0) is 11.6. The van der Waals surface area contributed by atoms with Crippen LogP contribution in [0.1, 0.15) is 6.92 Å². The molecule has 15 heavy (non-hydrogen) atoms. The van der Waals surface area contributed by atoms with E-state index in [0.29, 0.717) is 12.1 Å². The van der Waals surface area contributed by atoms with Crippen molar-refractivity contribution in [2.45, 2.75) is 6.92 Å². The van der Waals surface area contributed by atoms with Gasteiger partial charge in [0.05, 0.1) is 0 Å². The zero-order valence-electron chi connectivity index (χ0n) is 7.81. The topological polar surface area (TPSA) is 26.3 Å². The van der Waals surface area contributed by atoms with Crippen LogP contribution in [0.25, 0.3) is 0 Å². The molecule has 0 aliphatic carbocycles. The number of rotatable bonds is 2. The number of halogens is 3. The predicted octanol–water partition coefficient (Wildman–Crippen LogP) is 2.59. The maximum atomic E-state index is 12.7. The first-order valence-electron chi connectivity index (χ1n) is 3.94. The second-order valence-electron chi connectivity index (χ2n) is 2.87. The Labute approximate surface area is 84.0 Å². The zero-order valence-corrected chi connectivity index (χ0v) is 7.81. The molecule has 5 heteroatoms. The Morgan fingerprint density at radius 1 is 1.27 bits per heavy atom. The van der Waals surface area contributed by atoms with Gasteiger partial charge in [0.2, 0.25) is 0 Å². The van der Waals surface area contributed by atoms with Crippen LogP contribution in [-0.4, -0.2) is 5.97 Å². The van der Waals surface area contributed by atoms with Crippen molar-refractivity contribution in [3.8, 4) is 5.75 Å². The van der Waals surface area contributed by atoms with E-state index in [2.05, 4.69) is 11.3 Å². The van der Waals surface area contributed by atoms with E-state index in [0.717, 1.165) is 0 Å². The predicted molar refractivity (Wildman–Crippen MR) is 46.8 cm³/mol. The van der Waals surface area contributed by atoms with Gasteiger partial charge in [0.15, 0.2) is 17.5 Å². The van der Waals surface area contributed by atoms with Crippen LogP contribution in [0, 0.1) is 17.5 Å². The van der Waals surface area contributed by atoms with Crippen LogP contribution in [0.2, 0.25) is 0 Å². The average molecular weight is 216 g/mol. The summed E-state index contributed by atoms with van der Waals surface area (Å²) in [6.45, 7) is 4.65. The molecule has 1 aromatic rings. The van der Waals surface area contributed by atoms with E-state index in [1.54, 1.807) is 0 Å². The van der Waals surface area contributed by atoms with Gasteiger partial charge in [-0.15, -0.1) is 0 Å². The van der Waals surface area contributed by atoms with E-state index in [4.69, 9.17) is 0 Å². The maximum Gasteiger partial charge on any atom is 0.338 e. The van der Waals surface area contributed by atoms with Gasteiger partial charge in [0.1, 0.15) is 5.75 Å². The summed E-state index contributed by atoms with van der Waals surface area (Å²) < 4.78 is 42.3. The summed E-state index contributed by atoms with van der Waals surface area (Å²) >= 11 is 0. The lowest BCUT2D eigenvalue weighted by Gasteiger charge is -2.04. The Kier molecular flexibility index (Phi) is 3.14. The number of benzene rings is 1. The molecule has 0 atom stereocenters. The summed E-state index contributed by atoms with van der Waals surface area (Å²) in [5.41, 5.74) is 0.0696. The Morgan fingerprint density at radius 2 is 1.73 bits per heavy atom. The molecule has 0 amide bonds. The van der Waals surface area contributed by atoms with Gasteiger partial charge < -0.3 is 4.74 Å². The van der Waals surface area contributed by atoms with E-state index in [1.165, 1.54) is 6.92 Å². The van der Waals surface area contributed by atoms with Crippen LogP contribution in [-0.2, 0) is 4.79 Å². The molecule has 0 unspecified atom stereocenters. The molecule has 0 bridgehead atoms. The van der Waals surface area contributed by atoms with Crippen molar-refractivity contribution in [2.75, 3.05) is 0 Å². The van der Waals surface area contributed by atoms with Gasteiger partial charge in [-0.2, -0.15) is 0 Å². The lowest BCUT2D eigenvalue weighted by Crippen LogP contribution is -2.09. The molecule has 0 fully saturated rings. The first kappa shape index (κ1) is 11.3. The molecule has 0 aliphatic heterocycles. The molecule has 2 nitrogen and oxygen atoms in total. The highest BCUT2D eigenvalue weighted by Gasteiger charge is 2.13. The number of ether oxygens (including phenoxy) is 1. The summed E-state index contributed by atoms with van der Waals surface area (Å²) in [5, 5.41) is 0. The van der Waals surface area contributed by atoms with Gasteiger partial charge in [-0.3, -0.25) is 0 Å². The molecular weight excluding hydrogens is 209 g/mol. The fourth-order valence-electron chi connectivity index (χ4n) is 0.785. The second kappa shape index (κ2) is 4.16. The van der Waals surface area contributed by atoms with Crippen LogP contribution in [0.3, 0.4) is 0 Å². The van der Waals surface area contributed by atoms with E-state index in [-0.39, 0.29) is 5.57 Å². The molecule has 1 aromatic carbocycles. The summed E-state index contributed by atoms with van der Waals surface area (Å²) in [5.74, 6) is -5.68. The molecule has 1 rings (SSSR count). The van der Waals surface area contributed by atoms with Crippen molar-refractivity contribution in [3.63, 3.8) is 0 Å². The van der Waals surface area contributed by atoms with Gasteiger partial charge in [-0.25, -0.2) is 18.0 Å². The van der Waals surface area contributed by atoms with Crippen molar-refractivity contribution in [2.24, 2.45) is 0 Å². The van der Waals surface area contributed by atoms with Crippen molar-refractivity contribution < 1.29 is 22.7 Å². The Balaban J connectivity index is 2.98. The molecule has 0 radical (unpaired) electrons. The standard InChI is InChI=1S/C10H7F3O2/c1-5(2)10(14)15-6-3-7(11)9(13)8(12)4-6/h3-4H,1H2,2H3. The smallest absolute Gasteiger partial charge is 0.338 e. The monoisotopic (exact) mass is 216 g/mol. The fraction of sp³-hybridized carbons (Fsp3) is 0.100. The molecule has 0 N–H and O–H groups in total. The summed E-state index contributed by atoms with van der Waals surface area (Å²) in [4.78, 5) is 11.0. The number of hydrogen-bond acceptors (Lipinski definition) is 2. The average Bonchev–Trinajstić information content (AvgIpc) is 2.13. The van der Waals surface area contributed by atoms with E-state index < -0.39 is 29.2 Å². The molecule has 0 heterocycles. The van der Waals surface area contributed by atoms with Gasteiger partial charge >= 0.3 is 5.97 Å².